The molecule has 0 fully saturated rings. The molecule has 2 aromatic carbocycles. The van der Waals surface area contributed by atoms with Crippen molar-refractivity contribution in [2.45, 2.75) is 6.42 Å². The number of nitrogens with zero attached hydrogens (tertiary/aromatic N) is 1. The Morgan fingerprint density at radius 2 is 1.88 bits per heavy atom. The summed E-state index contributed by atoms with van der Waals surface area (Å²) in [5, 5.41) is 0. The van der Waals surface area contributed by atoms with Crippen LogP contribution in [0.4, 0.5) is 4.39 Å². The van der Waals surface area contributed by atoms with E-state index >= 15 is 0 Å². The average molecular weight is 327 g/mol. The minimum atomic E-state index is -0.581. The van der Waals surface area contributed by atoms with E-state index in [1.165, 1.54) is 30.9 Å². The number of rotatable bonds is 7. The molecule has 24 heavy (non-hydrogen) atoms. The van der Waals surface area contributed by atoms with Crippen LogP contribution in [0.2, 0.25) is 0 Å². The molecule has 0 aliphatic heterocycles. The molecule has 0 aliphatic rings. The maximum Gasteiger partial charge on any atom is 0.188 e. The molecule has 0 saturated carbocycles. The molecule has 0 heterocycles. The van der Waals surface area contributed by atoms with Crippen LogP contribution in [0.1, 0.15) is 21.5 Å². The third kappa shape index (κ3) is 5.03. The van der Waals surface area contributed by atoms with Crippen molar-refractivity contribution >= 4 is 11.9 Å². The van der Waals surface area contributed by atoms with Gasteiger partial charge in [0.25, 0.3) is 0 Å². The molecule has 4 heteroatoms. The van der Waals surface area contributed by atoms with E-state index in [1.54, 1.807) is 12.1 Å². The zero-order chi connectivity index (χ0) is 17.5. The van der Waals surface area contributed by atoms with Gasteiger partial charge in [-0.15, -0.1) is 0 Å². The maximum absolute atomic E-state index is 13.9. The summed E-state index contributed by atoms with van der Waals surface area (Å²) >= 11 is 0. The summed E-state index contributed by atoms with van der Waals surface area (Å²) in [6.07, 6.45) is 4.06. The Kier molecular flexibility index (Phi) is 6.27. The molecule has 0 aliphatic carbocycles. The van der Waals surface area contributed by atoms with Crippen LogP contribution in [0, 0.1) is 5.82 Å². The lowest BCUT2D eigenvalue weighted by Gasteiger charge is -2.09. The number of likely N-dealkylation sites (N-methyl/N-ethyl adjacent to an activating group) is 1. The summed E-state index contributed by atoms with van der Waals surface area (Å²) in [4.78, 5) is 14.2. The number of ether oxygens (including phenoxy) is 1. The van der Waals surface area contributed by atoms with Gasteiger partial charge < -0.3 is 9.64 Å². The summed E-state index contributed by atoms with van der Waals surface area (Å²) in [7, 11) is 5.54. The first-order valence-electron chi connectivity index (χ1n) is 7.79. The highest BCUT2D eigenvalue weighted by atomic mass is 19.1. The monoisotopic (exact) mass is 327 g/mol. The number of allylic oxidation sites excluding steroid dienone is 1. The minimum absolute atomic E-state index is 0.0367. The second-order valence-corrected chi connectivity index (χ2v) is 5.84. The highest BCUT2D eigenvalue weighted by molar-refractivity contribution is 6.07. The fourth-order valence-corrected chi connectivity index (χ4v) is 2.23. The van der Waals surface area contributed by atoms with E-state index in [0.717, 1.165) is 18.5 Å². The molecule has 0 aromatic heterocycles. The Morgan fingerprint density at radius 1 is 1.17 bits per heavy atom. The van der Waals surface area contributed by atoms with Gasteiger partial charge in [-0.1, -0.05) is 30.3 Å². The fourth-order valence-electron chi connectivity index (χ4n) is 2.23. The zero-order valence-corrected chi connectivity index (χ0v) is 14.3. The van der Waals surface area contributed by atoms with Gasteiger partial charge in [0.2, 0.25) is 0 Å². The summed E-state index contributed by atoms with van der Waals surface area (Å²) in [5.41, 5.74) is 2.19. The topological polar surface area (TPSA) is 29.5 Å². The Balaban J connectivity index is 2.03. The number of hydrogen-bond acceptors (Lipinski definition) is 3. The molecule has 0 atom stereocenters. The molecule has 0 N–H and O–H groups in total. The minimum Gasteiger partial charge on any atom is -0.497 e. The molecule has 126 valence electrons. The molecule has 2 aromatic rings. The molecule has 3 nitrogen and oxygen atoms in total. The van der Waals surface area contributed by atoms with E-state index < -0.39 is 5.82 Å². The van der Waals surface area contributed by atoms with Crippen molar-refractivity contribution in [2.24, 2.45) is 0 Å². The molecule has 0 amide bonds. The SMILES string of the molecule is COc1ccc(C(=O)C=Cc2ccc(CCN(C)C)cc2)c(F)c1. The highest BCUT2D eigenvalue weighted by Gasteiger charge is 2.09. The van der Waals surface area contributed by atoms with Gasteiger partial charge in [0.1, 0.15) is 11.6 Å². The fraction of sp³-hybridized carbons (Fsp3) is 0.250. The largest absolute Gasteiger partial charge is 0.497 e. The first-order chi connectivity index (χ1) is 11.5. The number of carbonyl (C=O) groups is 1. The molecular weight excluding hydrogens is 305 g/mol. The standard InChI is InChI=1S/C20H22FNO2/c1-22(2)13-12-16-6-4-15(5-7-16)8-11-20(23)18-10-9-17(24-3)14-19(18)21/h4-11,14H,12-13H2,1-3H3. The van der Waals surface area contributed by atoms with Gasteiger partial charge in [-0.3, -0.25) is 4.79 Å². The van der Waals surface area contributed by atoms with E-state index in [2.05, 4.69) is 4.90 Å². The van der Waals surface area contributed by atoms with E-state index in [-0.39, 0.29) is 11.3 Å². The van der Waals surface area contributed by atoms with Crippen molar-refractivity contribution < 1.29 is 13.9 Å². The molecule has 0 spiro atoms. The van der Waals surface area contributed by atoms with Crippen LogP contribution in [-0.4, -0.2) is 38.4 Å². The van der Waals surface area contributed by atoms with E-state index in [0.29, 0.717) is 5.75 Å². The number of halogens is 1. The molecule has 0 saturated heterocycles. The smallest absolute Gasteiger partial charge is 0.188 e. The van der Waals surface area contributed by atoms with Gasteiger partial charge in [0.15, 0.2) is 5.78 Å². The Labute approximate surface area is 142 Å². The lowest BCUT2D eigenvalue weighted by atomic mass is 10.1. The van der Waals surface area contributed by atoms with Crippen LogP contribution in [0.15, 0.2) is 48.5 Å². The van der Waals surface area contributed by atoms with Crippen molar-refractivity contribution in [3.05, 3.63) is 71.0 Å². The molecule has 2 rings (SSSR count). The summed E-state index contributed by atoms with van der Waals surface area (Å²) < 4.78 is 18.8. The maximum atomic E-state index is 13.9. The van der Waals surface area contributed by atoms with Gasteiger partial charge in [-0.25, -0.2) is 4.39 Å². The van der Waals surface area contributed by atoms with E-state index in [1.807, 2.05) is 38.4 Å². The number of methoxy groups -OCH3 is 1. The first-order valence-corrected chi connectivity index (χ1v) is 7.79. The van der Waals surface area contributed by atoms with E-state index in [9.17, 15) is 9.18 Å². The molecular formula is C20H22FNO2. The van der Waals surface area contributed by atoms with Crippen molar-refractivity contribution in [3.8, 4) is 5.75 Å². The second-order valence-electron chi connectivity index (χ2n) is 5.84. The van der Waals surface area contributed by atoms with Crippen molar-refractivity contribution in [1.29, 1.82) is 0 Å². The van der Waals surface area contributed by atoms with Crippen LogP contribution < -0.4 is 4.74 Å². The third-order valence-electron chi connectivity index (χ3n) is 3.70. The molecule has 0 radical (unpaired) electrons. The predicted molar refractivity (Wildman–Crippen MR) is 95.0 cm³/mol. The number of benzene rings is 2. The Morgan fingerprint density at radius 3 is 2.46 bits per heavy atom. The Hall–Kier alpha value is -2.46. The molecule has 0 unspecified atom stereocenters. The van der Waals surface area contributed by atoms with E-state index in [4.69, 9.17) is 4.74 Å². The summed E-state index contributed by atoms with van der Waals surface area (Å²) in [6, 6.07) is 12.2. The van der Waals surface area contributed by atoms with Gasteiger partial charge >= 0.3 is 0 Å². The zero-order valence-electron chi connectivity index (χ0n) is 14.3. The number of hydrogen-bond donors (Lipinski definition) is 0. The lowest BCUT2D eigenvalue weighted by Crippen LogP contribution is -2.14. The van der Waals surface area contributed by atoms with Gasteiger partial charge in [-0.05, 0) is 49.9 Å². The first kappa shape index (κ1) is 17.9. The second kappa shape index (κ2) is 8.41. The average Bonchev–Trinajstić information content (AvgIpc) is 2.58. The van der Waals surface area contributed by atoms with Crippen LogP contribution in [0.5, 0.6) is 5.75 Å². The van der Waals surface area contributed by atoms with Gasteiger partial charge in [0.05, 0.1) is 12.7 Å². The predicted octanol–water partition coefficient (Wildman–Crippen LogP) is 3.83. The van der Waals surface area contributed by atoms with Gasteiger partial charge in [-0.2, -0.15) is 0 Å². The number of carbonyl (C=O) groups excluding carboxylic acids is 1. The lowest BCUT2D eigenvalue weighted by molar-refractivity contribution is 0.104. The highest BCUT2D eigenvalue weighted by Crippen LogP contribution is 2.17. The van der Waals surface area contributed by atoms with Crippen molar-refractivity contribution in [1.82, 2.24) is 4.90 Å². The van der Waals surface area contributed by atoms with Crippen LogP contribution >= 0.6 is 0 Å². The number of ketones is 1. The van der Waals surface area contributed by atoms with Crippen LogP contribution in [-0.2, 0) is 6.42 Å². The third-order valence-corrected chi connectivity index (χ3v) is 3.70. The van der Waals surface area contributed by atoms with Gasteiger partial charge in [0, 0.05) is 12.6 Å². The quantitative estimate of drug-likeness (QED) is 0.572. The van der Waals surface area contributed by atoms with Crippen LogP contribution in [0.25, 0.3) is 6.08 Å². The molecule has 0 bridgehead atoms. The summed E-state index contributed by atoms with van der Waals surface area (Å²) in [6.45, 7) is 0.990. The van der Waals surface area contributed by atoms with Crippen molar-refractivity contribution in [2.75, 3.05) is 27.7 Å². The Bertz CT molecular complexity index is 721. The van der Waals surface area contributed by atoms with Crippen LogP contribution in [0.3, 0.4) is 0 Å². The normalized spacial score (nSPS) is 11.2. The summed E-state index contributed by atoms with van der Waals surface area (Å²) in [5.74, 6) is -0.559. The van der Waals surface area contributed by atoms with Crippen molar-refractivity contribution in [3.63, 3.8) is 0 Å².